The molecule has 2 rings (SSSR count). The van der Waals surface area contributed by atoms with Gasteiger partial charge in [0, 0.05) is 30.6 Å². The third-order valence-electron chi connectivity index (χ3n) is 3.36. The Bertz CT molecular complexity index is 467. The fourth-order valence-electron chi connectivity index (χ4n) is 2.26. The minimum absolute atomic E-state index is 0.0833. The van der Waals surface area contributed by atoms with Crippen molar-refractivity contribution in [3.63, 3.8) is 0 Å². The van der Waals surface area contributed by atoms with Gasteiger partial charge in [-0.3, -0.25) is 4.79 Å². The number of hydrogen-bond donors (Lipinski definition) is 1. The van der Waals surface area contributed by atoms with E-state index in [0.717, 1.165) is 25.1 Å². The van der Waals surface area contributed by atoms with Crippen LogP contribution in [0.25, 0.3) is 0 Å². The van der Waals surface area contributed by atoms with E-state index in [9.17, 15) is 4.79 Å². The maximum Gasteiger partial charge on any atom is 0.298 e. The highest BCUT2D eigenvalue weighted by molar-refractivity contribution is 5.94. The van der Waals surface area contributed by atoms with E-state index in [1.165, 1.54) is 6.42 Å². The van der Waals surface area contributed by atoms with Crippen LogP contribution in [0.5, 0.6) is 0 Å². The molecule has 0 spiro atoms. The largest absolute Gasteiger partial charge is 0.331 e. The van der Waals surface area contributed by atoms with Crippen LogP contribution in [-0.2, 0) is 4.79 Å². The summed E-state index contributed by atoms with van der Waals surface area (Å²) in [5, 5.41) is 3.41. The van der Waals surface area contributed by atoms with Crippen LogP contribution >= 0.6 is 0 Å². The Morgan fingerprint density at radius 2 is 2.21 bits per heavy atom. The van der Waals surface area contributed by atoms with Gasteiger partial charge in [0.15, 0.2) is 0 Å². The normalized spacial score (nSPS) is 17.6. The van der Waals surface area contributed by atoms with Crippen LogP contribution in [0.3, 0.4) is 0 Å². The van der Waals surface area contributed by atoms with Gasteiger partial charge < -0.3 is 10.2 Å². The topological polar surface area (TPSA) is 32.3 Å². The molecule has 1 heterocycles. The Morgan fingerprint density at radius 3 is 2.84 bits per heavy atom. The summed E-state index contributed by atoms with van der Waals surface area (Å²) in [5.41, 5.74) is 0.880. The summed E-state index contributed by atoms with van der Waals surface area (Å²) >= 11 is 0. The third kappa shape index (κ3) is 4.11. The average molecular weight is 256 g/mol. The molecule has 3 heteroatoms. The lowest BCUT2D eigenvalue weighted by Crippen LogP contribution is -2.40. The molecule has 1 unspecified atom stereocenters. The quantitative estimate of drug-likeness (QED) is 0.834. The van der Waals surface area contributed by atoms with Gasteiger partial charge in [-0.2, -0.15) is 0 Å². The van der Waals surface area contributed by atoms with E-state index in [2.05, 4.69) is 17.2 Å². The Kier molecular flexibility index (Phi) is 5.00. The molecule has 100 valence electrons. The summed E-state index contributed by atoms with van der Waals surface area (Å²) in [7, 11) is 0. The number of likely N-dealkylation sites (N-methyl/N-ethyl adjacent to an activating group) is 1. The molecule has 0 bridgehead atoms. The van der Waals surface area contributed by atoms with Crippen molar-refractivity contribution in [2.75, 3.05) is 19.6 Å². The van der Waals surface area contributed by atoms with Crippen LogP contribution in [0, 0.1) is 11.8 Å². The number of rotatable bonds is 3. The van der Waals surface area contributed by atoms with Gasteiger partial charge in [0.1, 0.15) is 0 Å². The molecule has 1 amide bonds. The maximum absolute atomic E-state index is 12.1. The Hall–Kier alpha value is -1.79. The molecule has 1 aromatic carbocycles. The van der Waals surface area contributed by atoms with Gasteiger partial charge in [-0.1, -0.05) is 24.1 Å². The van der Waals surface area contributed by atoms with Crippen molar-refractivity contribution < 1.29 is 4.79 Å². The van der Waals surface area contributed by atoms with Gasteiger partial charge in [-0.05, 0) is 38.4 Å². The summed E-state index contributed by atoms with van der Waals surface area (Å²) in [5.74, 6) is 5.57. The first kappa shape index (κ1) is 13.6. The van der Waals surface area contributed by atoms with Crippen molar-refractivity contribution in [2.45, 2.75) is 25.8 Å². The molecule has 1 saturated heterocycles. The van der Waals surface area contributed by atoms with Crippen molar-refractivity contribution in [1.82, 2.24) is 10.2 Å². The van der Waals surface area contributed by atoms with Gasteiger partial charge in [0.05, 0.1) is 0 Å². The smallest absolute Gasteiger partial charge is 0.298 e. The van der Waals surface area contributed by atoms with Crippen LogP contribution < -0.4 is 5.32 Å². The first-order chi connectivity index (χ1) is 9.29. The van der Waals surface area contributed by atoms with Crippen LogP contribution in [0.2, 0.25) is 0 Å². The number of benzene rings is 1. The van der Waals surface area contributed by atoms with E-state index < -0.39 is 0 Å². The van der Waals surface area contributed by atoms with E-state index in [0.29, 0.717) is 12.6 Å². The zero-order chi connectivity index (χ0) is 13.5. The van der Waals surface area contributed by atoms with E-state index >= 15 is 0 Å². The number of hydrogen-bond acceptors (Lipinski definition) is 2. The molecule has 1 atom stereocenters. The molecule has 1 aromatic rings. The lowest BCUT2D eigenvalue weighted by molar-refractivity contribution is -0.125. The van der Waals surface area contributed by atoms with E-state index in [1.807, 2.05) is 42.2 Å². The van der Waals surface area contributed by atoms with Crippen LogP contribution in [0.4, 0.5) is 0 Å². The molecule has 1 aliphatic rings. The fourth-order valence-corrected chi connectivity index (χ4v) is 2.26. The predicted octanol–water partition coefficient (Wildman–Crippen LogP) is 1.64. The van der Waals surface area contributed by atoms with Gasteiger partial charge in [0.2, 0.25) is 0 Å². The molecule has 0 aliphatic carbocycles. The number of nitrogens with one attached hydrogen (secondary N) is 1. The number of amides is 1. The summed E-state index contributed by atoms with van der Waals surface area (Å²) < 4.78 is 0. The highest BCUT2D eigenvalue weighted by atomic mass is 16.2. The summed E-state index contributed by atoms with van der Waals surface area (Å²) in [6, 6.07) is 10.0. The molecule has 19 heavy (non-hydrogen) atoms. The number of carbonyl (C=O) groups excluding carboxylic acids is 1. The second kappa shape index (κ2) is 6.96. The Balaban J connectivity index is 1.95. The van der Waals surface area contributed by atoms with Crippen molar-refractivity contribution in [2.24, 2.45) is 0 Å². The van der Waals surface area contributed by atoms with Crippen molar-refractivity contribution >= 4 is 5.91 Å². The Morgan fingerprint density at radius 1 is 1.42 bits per heavy atom. The van der Waals surface area contributed by atoms with Gasteiger partial charge >= 0.3 is 0 Å². The maximum atomic E-state index is 12.1. The highest BCUT2D eigenvalue weighted by Crippen LogP contribution is 2.07. The molecule has 3 nitrogen and oxygen atoms in total. The highest BCUT2D eigenvalue weighted by Gasteiger charge is 2.19. The molecule has 1 fully saturated rings. The van der Waals surface area contributed by atoms with Gasteiger partial charge in [-0.15, -0.1) is 0 Å². The predicted molar refractivity (Wildman–Crippen MR) is 76.6 cm³/mol. The minimum Gasteiger partial charge on any atom is -0.331 e. The van der Waals surface area contributed by atoms with Crippen LogP contribution in [0.15, 0.2) is 30.3 Å². The fraction of sp³-hybridized carbons (Fsp3) is 0.438. The van der Waals surface area contributed by atoms with E-state index in [-0.39, 0.29) is 5.91 Å². The molecule has 0 saturated carbocycles. The Labute approximate surface area is 115 Å². The molecular weight excluding hydrogens is 236 g/mol. The molecule has 0 radical (unpaired) electrons. The van der Waals surface area contributed by atoms with Crippen molar-refractivity contribution in [1.29, 1.82) is 0 Å². The lowest BCUT2D eigenvalue weighted by atomic mass is 10.2. The molecule has 1 aliphatic heterocycles. The van der Waals surface area contributed by atoms with Gasteiger partial charge in [0.25, 0.3) is 5.91 Å². The van der Waals surface area contributed by atoms with Crippen molar-refractivity contribution in [3.05, 3.63) is 35.9 Å². The second-order valence-electron chi connectivity index (χ2n) is 4.75. The standard InChI is InChI=1S/C16H20N2O/c1-2-18(13-15-9-6-12-17-15)16(19)11-10-14-7-4-3-5-8-14/h3-5,7-8,15,17H,2,6,9,12-13H2,1H3. The zero-order valence-corrected chi connectivity index (χ0v) is 11.4. The first-order valence-corrected chi connectivity index (χ1v) is 6.89. The van der Waals surface area contributed by atoms with Crippen LogP contribution in [0.1, 0.15) is 25.3 Å². The van der Waals surface area contributed by atoms with Crippen molar-refractivity contribution in [3.8, 4) is 11.8 Å². The molecular formula is C16H20N2O. The zero-order valence-electron chi connectivity index (χ0n) is 11.4. The SMILES string of the molecule is CCN(CC1CCCN1)C(=O)C#Cc1ccccc1. The van der Waals surface area contributed by atoms with E-state index in [1.54, 1.807) is 0 Å². The lowest BCUT2D eigenvalue weighted by Gasteiger charge is -2.22. The summed E-state index contributed by atoms with van der Waals surface area (Å²) in [4.78, 5) is 13.9. The van der Waals surface area contributed by atoms with E-state index in [4.69, 9.17) is 0 Å². The number of nitrogens with zero attached hydrogens (tertiary/aromatic N) is 1. The van der Waals surface area contributed by atoms with Crippen LogP contribution in [-0.4, -0.2) is 36.5 Å². The monoisotopic (exact) mass is 256 g/mol. The third-order valence-corrected chi connectivity index (χ3v) is 3.36. The summed E-state index contributed by atoms with van der Waals surface area (Å²) in [6.07, 6.45) is 2.35. The average Bonchev–Trinajstić information content (AvgIpc) is 2.96. The molecule has 1 N–H and O–H groups in total. The van der Waals surface area contributed by atoms with Gasteiger partial charge in [-0.25, -0.2) is 0 Å². The molecule has 0 aromatic heterocycles. The second-order valence-corrected chi connectivity index (χ2v) is 4.75. The summed E-state index contributed by atoms with van der Waals surface area (Å²) in [6.45, 7) is 4.53. The first-order valence-electron chi connectivity index (χ1n) is 6.89. The number of carbonyl (C=O) groups is 1. The minimum atomic E-state index is -0.0833.